The molecule has 0 unspecified atom stereocenters. The molecule has 1 fully saturated rings. The number of rotatable bonds is 3. The summed E-state index contributed by atoms with van der Waals surface area (Å²) in [5.74, 6) is 0.0515. The third-order valence-electron chi connectivity index (χ3n) is 4.22. The molecule has 0 bridgehead atoms. The summed E-state index contributed by atoms with van der Waals surface area (Å²) in [5, 5.41) is 7.08. The number of sulfone groups is 1. The second kappa shape index (κ2) is 5.34. The molecule has 1 N–H and O–H groups in total. The molecule has 0 radical (unpaired) electrons. The van der Waals surface area contributed by atoms with Crippen LogP contribution in [0.4, 0.5) is 0 Å². The third-order valence-corrected chi connectivity index (χ3v) is 5.30. The van der Waals surface area contributed by atoms with E-state index in [4.69, 9.17) is 4.74 Å². The molecular formula is C14H21N3O4S. The molecule has 1 aromatic heterocycles. The molecule has 2 atom stereocenters. The van der Waals surface area contributed by atoms with E-state index in [9.17, 15) is 13.2 Å². The number of amides is 1. The molecule has 3 heterocycles. The lowest BCUT2D eigenvalue weighted by Crippen LogP contribution is -2.52. The number of nitrogens with one attached hydrogen (secondary N) is 1. The fraction of sp³-hybridized carbons (Fsp3) is 0.714. The van der Waals surface area contributed by atoms with Crippen molar-refractivity contribution in [2.45, 2.75) is 32.5 Å². The maximum Gasteiger partial charge on any atom is 0.274 e. The predicted molar refractivity (Wildman–Crippen MR) is 80.4 cm³/mol. The van der Waals surface area contributed by atoms with E-state index in [1.165, 1.54) is 6.26 Å². The smallest absolute Gasteiger partial charge is 0.274 e. The van der Waals surface area contributed by atoms with E-state index in [1.807, 2.05) is 13.8 Å². The predicted octanol–water partition coefficient (Wildman–Crippen LogP) is 0.548. The monoisotopic (exact) mass is 327 g/mol. The van der Waals surface area contributed by atoms with Crippen LogP contribution < -0.4 is 0 Å². The molecule has 1 saturated heterocycles. The van der Waals surface area contributed by atoms with Gasteiger partial charge in [0, 0.05) is 37.2 Å². The van der Waals surface area contributed by atoms with E-state index in [0.29, 0.717) is 25.2 Å². The van der Waals surface area contributed by atoms with Gasteiger partial charge in [-0.25, -0.2) is 8.42 Å². The van der Waals surface area contributed by atoms with Crippen LogP contribution in [-0.4, -0.2) is 60.6 Å². The number of hydrogen-bond donors (Lipinski definition) is 1. The molecule has 2 aliphatic heterocycles. The van der Waals surface area contributed by atoms with E-state index in [0.717, 1.165) is 11.3 Å². The highest BCUT2D eigenvalue weighted by molar-refractivity contribution is 7.90. The number of hydrogen-bond acceptors (Lipinski definition) is 5. The van der Waals surface area contributed by atoms with Crippen molar-refractivity contribution in [1.82, 2.24) is 15.1 Å². The molecule has 0 spiro atoms. The average Bonchev–Trinajstić information content (AvgIpc) is 2.75. The van der Waals surface area contributed by atoms with Crippen molar-refractivity contribution < 1.29 is 17.9 Å². The number of H-pyrrole nitrogens is 1. The summed E-state index contributed by atoms with van der Waals surface area (Å²) in [6.45, 7) is 4.88. The number of fused-ring (bicyclic) bond motifs is 1. The highest BCUT2D eigenvalue weighted by atomic mass is 32.2. The second-order valence-corrected chi connectivity index (χ2v) is 8.61. The van der Waals surface area contributed by atoms with E-state index in [-0.39, 0.29) is 29.8 Å². The Bertz CT molecular complexity index is 691. The number of carbonyl (C=O) groups excluding carboxylic acids is 1. The van der Waals surface area contributed by atoms with Gasteiger partial charge in [0.25, 0.3) is 5.91 Å². The number of aromatic amines is 1. The topological polar surface area (TPSA) is 92.4 Å². The standard InChI is InChI=1S/C14H21N3O4S/c1-8-4-11-12(9(2)21-8)15-16-13(11)14(18)17-5-10(6-17)7-22(3,19)20/h8-10H,4-7H2,1-3H3,(H,15,16)/t8-,9+/m1/s1. The zero-order chi connectivity index (χ0) is 16.1. The maximum absolute atomic E-state index is 12.5. The molecular weight excluding hydrogens is 306 g/mol. The van der Waals surface area contributed by atoms with E-state index < -0.39 is 9.84 Å². The molecule has 0 saturated carbocycles. The molecule has 0 aliphatic carbocycles. The minimum atomic E-state index is -2.99. The summed E-state index contributed by atoms with van der Waals surface area (Å²) in [5.41, 5.74) is 2.26. The quantitative estimate of drug-likeness (QED) is 0.875. The zero-order valence-electron chi connectivity index (χ0n) is 13.0. The molecule has 122 valence electrons. The fourth-order valence-corrected chi connectivity index (χ4v) is 4.34. The van der Waals surface area contributed by atoms with Crippen LogP contribution >= 0.6 is 0 Å². The molecule has 1 aromatic rings. The van der Waals surface area contributed by atoms with E-state index >= 15 is 0 Å². The largest absolute Gasteiger partial charge is 0.369 e. The molecule has 8 heteroatoms. The Labute approximate surface area is 129 Å². The van der Waals surface area contributed by atoms with Gasteiger partial charge in [0.05, 0.1) is 23.7 Å². The summed E-state index contributed by atoms with van der Waals surface area (Å²) in [7, 11) is -2.99. The number of aromatic nitrogens is 2. The summed E-state index contributed by atoms with van der Waals surface area (Å²) in [6, 6.07) is 0. The van der Waals surface area contributed by atoms with Crippen LogP contribution in [0.5, 0.6) is 0 Å². The van der Waals surface area contributed by atoms with Gasteiger partial charge in [-0.1, -0.05) is 0 Å². The fourth-order valence-electron chi connectivity index (χ4n) is 3.27. The molecule has 0 aromatic carbocycles. The van der Waals surface area contributed by atoms with Crippen LogP contribution in [0, 0.1) is 5.92 Å². The highest BCUT2D eigenvalue weighted by Crippen LogP contribution is 2.31. The van der Waals surface area contributed by atoms with Crippen LogP contribution in [0.25, 0.3) is 0 Å². The summed E-state index contributed by atoms with van der Waals surface area (Å²) in [6.07, 6.45) is 1.85. The lowest BCUT2D eigenvalue weighted by molar-refractivity contribution is -0.00708. The molecule has 22 heavy (non-hydrogen) atoms. The number of ether oxygens (including phenoxy) is 1. The Morgan fingerprint density at radius 1 is 1.41 bits per heavy atom. The zero-order valence-corrected chi connectivity index (χ0v) is 13.8. The highest BCUT2D eigenvalue weighted by Gasteiger charge is 2.37. The van der Waals surface area contributed by atoms with Gasteiger partial charge in [0.15, 0.2) is 5.69 Å². The van der Waals surface area contributed by atoms with Gasteiger partial charge in [-0.3, -0.25) is 9.89 Å². The molecule has 3 rings (SSSR count). The van der Waals surface area contributed by atoms with Crippen molar-refractivity contribution in [3.63, 3.8) is 0 Å². The van der Waals surface area contributed by atoms with E-state index in [1.54, 1.807) is 4.90 Å². The van der Waals surface area contributed by atoms with Crippen LogP contribution in [0.15, 0.2) is 0 Å². The average molecular weight is 327 g/mol. The second-order valence-electron chi connectivity index (χ2n) is 6.43. The van der Waals surface area contributed by atoms with Gasteiger partial charge in [0.1, 0.15) is 9.84 Å². The minimum Gasteiger partial charge on any atom is -0.369 e. The van der Waals surface area contributed by atoms with Gasteiger partial charge in [-0.2, -0.15) is 5.10 Å². The first kappa shape index (κ1) is 15.5. The number of carbonyl (C=O) groups is 1. The SMILES string of the molecule is C[C@@H]1Cc2c(C(=O)N3CC(CS(C)(=O)=O)C3)n[nH]c2[C@H](C)O1. The maximum atomic E-state index is 12.5. The first-order chi connectivity index (χ1) is 10.2. The van der Waals surface area contributed by atoms with E-state index in [2.05, 4.69) is 10.2 Å². The van der Waals surface area contributed by atoms with Crippen molar-refractivity contribution in [2.75, 3.05) is 25.1 Å². The van der Waals surface area contributed by atoms with Gasteiger partial charge in [0.2, 0.25) is 0 Å². The number of nitrogens with zero attached hydrogens (tertiary/aromatic N) is 2. The van der Waals surface area contributed by atoms with Crippen molar-refractivity contribution in [1.29, 1.82) is 0 Å². The van der Waals surface area contributed by atoms with Crippen molar-refractivity contribution >= 4 is 15.7 Å². The molecule has 7 nitrogen and oxygen atoms in total. The van der Waals surface area contributed by atoms with Crippen molar-refractivity contribution in [2.24, 2.45) is 5.92 Å². The van der Waals surface area contributed by atoms with Crippen LogP contribution in [0.2, 0.25) is 0 Å². The van der Waals surface area contributed by atoms with Crippen LogP contribution in [0.1, 0.15) is 41.7 Å². The number of likely N-dealkylation sites (tertiary alicyclic amines) is 1. The first-order valence-corrected chi connectivity index (χ1v) is 9.50. The van der Waals surface area contributed by atoms with Crippen LogP contribution in [0.3, 0.4) is 0 Å². The van der Waals surface area contributed by atoms with Crippen molar-refractivity contribution in [3.8, 4) is 0 Å². The van der Waals surface area contributed by atoms with Gasteiger partial charge in [-0.15, -0.1) is 0 Å². The summed E-state index contributed by atoms with van der Waals surface area (Å²) in [4.78, 5) is 14.2. The lowest BCUT2D eigenvalue weighted by atomic mass is 9.97. The van der Waals surface area contributed by atoms with Crippen molar-refractivity contribution in [3.05, 3.63) is 17.0 Å². The summed E-state index contributed by atoms with van der Waals surface area (Å²) >= 11 is 0. The molecule has 2 aliphatic rings. The van der Waals surface area contributed by atoms with Gasteiger partial charge >= 0.3 is 0 Å². The Kier molecular flexibility index (Phi) is 3.76. The first-order valence-electron chi connectivity index (χ1n) is 7.44. The summed E-state index contributed by atoms with van der Waals surface area (Å²) < 4.78 is 28.3. The van der Waals surface area contributed by atoms with Crippen LogP contribution in [-0.2, 0) is 21.0 Å². The Morgan fingerprint density at radius 2 is 2.09 bits per heavy atom. The minimum absolute atomic E-state index is 0.0369. The Hall–Kier alpha value is -1.41. The third kappa shape index (κ3) is 2.89. The van der Waals surface area contributed by atoms with Gasteiger partial charge in [-0.05, 0) is 13.8 Å². The molecule has 1 amide bonds. The normalized spacial score (nSPS) is 25.7. The van der Waals surface area contributed by atoms with Gasteiger partial charge < -0.3 is 9.64 Å². The lowest BCUT2D eigenvalue weighted by Gasteiger charge is -2.38. The Morgan fingerprint density at radius 3 is 2.73 bits per heavy atom. The Balaban J connectivity index is 1.70.